The second kappa shape index (κ2) is 8.64. The smallest absolute Gasteiger partial charge is 0.349 e. The summed E-state index contributed by atoms with van der Waals surface area (Å²) in [5, 5.41) is 11.1. The van der Waals surface area contributed by atoms with Gasteiger partial charge in [-0.1, -0.05) is 104 Å². The van der Waals surface area contributed by atoms with Crippen LogP contribution in [0.15, 0.2) is 94.4 Å². The molecule has 3 nitrogen and oxygen atoms in total. The summed E-state index contributed by atoms with van der Waals surface area (Å²) in [7, 11) is 0. The van der Waals surface area contributed by atoms with E-state index in [1.54, 1.807) is 0 Å². The van der Waals surface area contributed by atoms with Crippen molar-refractivity contribution in [2.75, 3.05) is 0 Å². The first-order valence-corrected chi connectivity index (χ1v) is 11.3. The number of thioether (sulfide) groups is 1. The first kappa shape index (κ1) is 21.3. The van der Waals surface area contributed by atoms with Gasteiger partial charge >= 0.3 is 5.97 Å². The summed E-state index contributed by atoms with van der Waals surface area (Å²) < 4.78 is 6.15. The lowest BCUT2D eigenvalue weighted by Gasteiger charge is -2.38. The minimum atomic E-state index is -1.05. The molecule has 1 aliphatic rings. The van der Waals surface area contributed by atoms with E-state index < -0.39 is 11.6 Å². The van der Waals surface area contributed by atoms with E-state index in [1.165, 1.54) is 17.3 Å². The molecule has 0 fully saturated rings. The Morgan fingerprint density at radius 1 is 0.935 bits per heavy atom. The second-order valence-corrected chi connectivity index (χ2v) is 9.25. The number of cyclic esters (lactones) is 1. The third kappa shape index (κ3) is 4.13. The van der Waals surface area contributed by atoms with Gasteiger partial charge in [-0.2, -0.15) is 0 Å². The van der Waals surface area contributed by atoms with Gasteiger partial charge in [0.1, 0.15) is 10.7 Å². The second-order valence-electron chi connectivity index (χ2n) is 8.20. The summed E-state index contributed by atoms with van der Waals surface area (Å²) in [6.45, 7) is 6.31. The van der Waals surface area contributed by atoms with Crippen LogP contribution in [0.5, 0.6) is 0 Å². The lowest BCUT2D eigenvalue weighted by atomic mass is 9.81. The average Bonchev–Trinajstić information content (AvgIpc) is 2.78. The molecule has 1 heterocycles. The molecule has 0 aliphatic carbocycles. The normalized spacial score (nSPS) is 15.8. The van der Waals surface area contributed by atoms with Crippen molar-refractivity contribution in [2.24, 2.45) is 0 Å². The highest BCUT2D eigenvalue weighted by Gasteiger charge is 2.45. The summed E-state index contributed by atoms with van der Waals surface area (Å²) in [6, 6.07) is 25.4. The SMILES string of the molecule is Cc1ccc(SC2=C(O)CC(c3ccccc3)(c3ccccc3)OC2=O)c(C(C)C)c1. The Kier molecular flexibility index (Phi) is 5.92. The molecule has 0 atom stereocenters. The van der Waals surface area contributed by atoms with Gasteiger partial charge in [0, 0.05) is 16.0 Å². The number of hydrogen-bond acceptors (Lipinski definition) is 4. The van der Waals surface area contributed by atoms with Crippen LogP contribution in [-0.2, 0) is 15.1 Å². The summed E-state index contributed by atoms with van der Waals surface area (Å²) in [4.78, 5) is 14.5. The highest BCUT2D eigenvalue weighted by molar-refractivity contribution is 8.04. The molecule has 0 bridgehead atoms. The fraction of sp³-hybridized carbons (Fsp3) is 0.222. The van der Waals surface area contributed by atoms with Gasteiger partial charge in [0.05, 0.1) is 6.42 Å². The van der Waals surface area contributed by atoms with Crippen LogP contribution < -0.4 is 0 Å². The molecule has 0 aromatic heterocycles. The largest absolute Gasteiger partial charge is 0.511 e. The van der Waals surface area contributed by atoms with Gasteiger partial charge in [-0.3, -0.25) is 0 Å². The Morgan fingerprint density at radius 3 is 2.03 bits per heavy atom. The van der Waals surface area contributed by atoms with E-state index in [-0.39, 0.29) is 17.1 Å². The van der Waals surface area contributed by atoms with E-state index in [0.717, 1.165) is 21.6 Å². The van der Waals surface area contributed by atoms with Crippen LogP contribution in [0.1, 0.15) is 48.4 Å². The van der Waals surface area contributed by atoms with Crippen molar-refractivity contribution in [3.05, 3.63) is 112 Å². The van der Waals surface area contributed by atoms with Crippen LogP contribution in [0.4, 0.5) is 0 Å². The number of aryl methyl sites for hydroxylation is 1. The maximum atomic E-state index is 13.3. The molecule has 4 rings (SSSR count). The fourth-order valence-electron chi connectivity index (χ4n) is 4.00. The van der Waals surface area contributed by atoms with Gasteiger partial charge in [-0.15, -0.1) is 0 Å². The van der Waals surface area contributed by atoms with Gasteiger partial charge < -0.3 is 9.84 Å². The quantitative estimate of drug-likeness (QED) is 0.449. The Hall–Kier alpha value is -2.98. The van der Waals surface area contributed by atoms with Crippen molar-refractivity contribution in [3.63, 3.8) is 0 Å². The lowest BCUT2D eigenvalue weighted by molar-refractivity contribution is -0.154. The Morgan fingerprint density at radius 2 is 1.52 bits per heavy atom. The number of hydrogen-bond donors (Lipinski definition) is 1. The molecule has 4 heteroatoms. The molecule has 0 radical (unpaired) electrons. The molecule has 0 saturated carbocycles. The Balaban J connectivity index is 1.77. The van der Waals surface area contributed by atoms with Crippen LogP contribution in [0.25, 0.3) is 0 Å². The standard InChI is InChI=1S/C27H26O3S/c1-18(2)22-16-19(3)14-15-24(22)31-25-23(28)17-27(30-26(25)29,20-10-6-4-7-11-20)21-12-8-5-9-13-21/h4-16,18,28H,17H2,1-3H3. The minimum absolute atomic E-state index is 0.0595. The highest BCUT2D eigenvalue weighted by atomic mass is 32.2. The van der Waals surface area contributed by atoms with E-state index in [4.69, 9.17) is 4.74 Å². The van der Waals surface area contributed by atoms with E-state index in [9.17, 15) is 9.90 Å². The highest BCUT2D eigenvalue weighted by Crippen LogP contribution is 2.47. The van der Waals surface area contributed by atoms with Crippen LogP contribution in [0, 0.1) is 6.92 Å². The zero-order valence-electron chi connectivity index (χ0n) is 18.0. The molecule has 31 heavy (non-hydrogen) atoms. The maximum absolute atomic E-state index is 13.3. The van der Waals surface area contributed by atoms with Gasteiger partial charge in [0.25, 0.3) is 0 Å². The molecule has 0 amide bonds. The number of carbonyl (C=O) groups is 1. The van der Waals surface area contributed by atoms with Crippen molar-refractivity contribution in [3.8, 4) is 0 Å². The maximum Gasteiger partial charge on any atom is 0.349 e. The van der Waals surface area contributed by atoms with E-state index in [1.807, 2.05) is 72.8 Å². The van der Waals surface area contributed by atoms with Gasteiger partial charge in [0.15, 0.2) is 5.60 Å². The summed E-state index contributed by atoms with van der Waals surface area (Å²) in [5.41, 5.74) is 2.94. The lowest BCUT2D eigenvalue weighted by Crippen LogP contribution is -2.38. The topological polar surface area (TPSA) is 46.5 Å². The monoisotopic (exact) mass is 430 g/mol. The third-order valence-corrected chi connectivity index (χ3v) is 6.81. The molecule has 3 aromatic carbocycles. The Bertz CT molecular complexity index is 1080. The Labute approximate surface area is 187 Å². The van der Waals surface area contributed by atoms with E-state index in [0.29, 0.717) is 5.92 Å². The number of carbonyl (C=O) groups excluding carboxylic acids is 1. The van der Waals surface area contributed by atoms with E-state index in [2.05, 4.69) is 26.8 Å². The number of ether oxygens (including phenoxy) is 1. The molecule has 0 spiro atoms. The zero-order valence-corrected chi connectivity index (χ0v) is 18.8. The summed E-state index contributed by atoms with van der Waals surface area (Å²) in [5.74, 6) is -0.140. The van der Waals surface area contributed by atoms with Crippen molar-refractivity contribution in [1.82, 2.24) is 0 Å². The molecule has 3 aromatic rings. The number of benzene rings is 3. The summed E-state index contributed by atoms with van der Waals surface area (Å²) in [6.07, 6.45) is 0.192. The minimum Gasteiger partial charge on any atom is -0.511 e. The molecule has 0 saturated heterocycles. The van der Waals surface area contributed by atoms with Crippen molar-refractivity contribution in [1.29, 1.82) is 0 Å². The third-order valence-electron chi connectivity index (χ3n) is 5.61. The molecular formula is C27H26O3S. The average molecular weight is 431 g/mol. The van der Waals surface area contributed by atoms with Crippen LogP contribution in [0.3, 0.4) is 0 Å². The number of aliphatic hydroxyl groups excluding tert-OH is 1. The van der Waals surface area contributed by atoms with Crippen molar-refractivity contribution >= 4 is 17.7 Å². The predicted octanol–water partition coefficient (Wildman–Crippen LogP) is 6.87. The zero-order chi connectivity index (χ0) is 22.0. The van der Waals surface area contributed by atoms with Crippen molar-refractivity contribution < 1.29 is 14.6 Å². The first-order valence-electron chi connectivity index (χ1n) is 10.5. The van der Waals surface area contributed by atoms with Gasteiger partial charge in [-0.25, -0.2) is 4.79 Å². The predicted molar refractivity (Wildman–Crippen MR) is 125 cm³/mol. The van der Waals surface area contributed by atoms with Crippen molar-refractivity contribution in [2.45, 2.75) is 43.6 Å². The van der Waals surface area contributed by atoms with Crippen LogP contribution in [-0.4, -0.2) is 11.1 Å². The summed E-state index contributed by atoms with van der Waals surface area (Å²) >= 11 is 1.29. The molecule has 1 N–H and O–H groups in total. The molecule has 158 valence electrons. The van der Waals surface area contributed by atoms with E-state index >= 15 is 0 Å². The van der Waals surface area contributed by atoms with Gasteiger partial charge in [0.2, 0.25) is 0 Å². The molecule has 0 unspecified atom stereocenters. The number of esters is 1. The van der Waals surface area contributed by atoms with Gasteiger partial charge in [-0.05, 0) is 24.5 Å². The first-order chi connectivity index (χ1) is 14.9. The number of aliphatic hydroxyl groups is 1. The van der Waals surface area contributed by atoms with Crippen LogP contribution >= 0.6 is 11.8 Å². The molecular weight excluding hydrogens is 404 g/mol. The fourth-order valence-corrected chi connectivity index (χ4v) is 5.08. The number of rotatable bonds is 5. The molecule has 1 aliphatic heterocycles. The van der Waals surface area contributed by atoms with Crippen LogP contribution in [0.2, 0.25) is 0 Å².